The van der Waals surface area contributed by atoms with Gasteiger partial charge in [0.2, 0.25) is 0 Å². The van der Waals surface area contributed by atoms with Gasteiger partial charge in [-0.15, -0.1) is 0 Å². The maximum Gasteiger partial charge on any atom is 0.194 e. The van der Waals surface area contributed by atoms with Crippen molar-refractivity contribution in [1.82, 2.24) is 4.90 Å². The fourth-order valence-electron chi connectivity index (χ4n) is 3.26. The van der Waals surface area contributed by atoms with Crippen molar-refractivity contribution in [3.63, 3.8) is 0 Å². The van der Waals surface area contributed by atoms with Crippen molar-refractivity contribution in [2.75, 3.05) is 20.2 Å². The summed E-state index contributed by atoms with van der Waals surface area (Å²) >= 11 is 0. The van der Waals surface area contributed by atoms with Crippen LogP contribution in [0.15, 0.2) is 36.4 Å². The van der Waals surface area contributed by atoms with Gasteiger partial charge < -0.3 is 4.74 Å². The van der Waals surface area contributed by atoms with Gasteiger partial charge in [-0.3, -0.25) is 14.5 Å². The monoisotopic (exact) mass is 323 g/mol. The predicted octanol–water partition coefficient (Wildman–Crippen LogP) is 3.31. The lowest BCUT2D eigenvalue weighted by Gasteiger charge is -2.25. The number of nitrogens with zero attached hydrogens (tertiary/aromatic N) is 1. The fourth-order valence-corrected chi connectivity index (χ4v) is 3.26. The van der Waals surface area contributed by atoms with Crippen LogP contribution in [0.2, 0.25) is 0 Å². The Morgan fingerprint density at radius 2 is 1.50 bits per heavy atom. The average molecular weight is 323 g/mol. The Morgan fingerprint density at radius 1 is 0.875 bits per heavy atom. The SMILES string of the molecule is CCN(CC)Cc1c(OC)ccc2c1C(=O)c1ccccc1C2=O. The molecule has 0 N–H and O–H groups in total. The van der Waals surface area contributed by atoms with Crippen LogP contribution < -0.4 is 4.74 Å². The van der Waals surface area contributed by atoms with E-state index >= 15 is 0 Å². The molecular weight excluding hydrogens is 302 g/mol. The number of fused-ring (bicyclic) bond motifs is 2. The van der Waals surface area contributed by atoms with E-state index in [4.69, 9.17) is 4.74 Å². The van der Waals surface area contributed by atoms with E-state index in [9.17, 15) is 9.59 Å². The lowest BCUT2D eigenvalue weighted by molar-refractivity contribution is 0.0977. The van der Waals surface area contributed by atoms with Gasteiger partial charge in [0.1, 0.15) is 5.75 Å². The molecule has 3 rings (SSSR count). The first-order valence-electron chi connectivity index (χ1n) is 8.23. The van der Waals surface area contributed by atoms with Gasteiger partial charge in [0.25, 0.3) is 0 Å². The summed E-state index contributed by atoms with van der Waals surface area (Å²) < 4.78 is 5.48. The molecule has 4 heteroatoms. The molecule has 2 aromatic carbocycles. The van der Waals surface area contributed by atoms with Gasteiger partial charge in [-0.25, -0.2) is 0 Å². The van der Waals surface area contributed by atoms with Crippen LogP contribution in [0.1, 0.15) is 51.3 Å². The number of methoxy groups -OCH3 is 1. The van der Waals surface area contributed by atoms with Crippen molar-refractivity contribution in [1.29, 1.82) is 0 Å². The molecule has 0 fully saturated rings. The quantitative estimate of drug-likeness (QED) is 0.723. The Bertz CT molecular complexity index is 807. The Hall–Kier alpha value is -2.46. The van der Waals surface area contributed by atoms with E-state index in [1.807, 2.05) is 0 Å². The summed E-state index contributed by atoms with van der Waals surface area (Å²) in [5.74, 6) is 0.464. The topological polar surface area (TPSA) is 46.6 Å². The number of rotatable bonds is 5. The Labute approximate surface area is 142 Å². The molecule has 0 aromatic heterocycles. The van der Waals surface area contributed by atoms with Crippen LogP contribution in [0.25, 0.3) is 0 Å². The summed E-state index contributed by atoms with van der Waals surface area (Å²) in [5, 5.41) is 0. The molecule has 0 bridgehead atoms. The van der Waals surface area contributed by atoms with Gasteiger partial charge in [0, 0.05) is 34.4 Å². The van der Waals surface area contributed by atoms with Crippen LogP contribution in [-0.2, 0) is 6.54 Å². The Kier molecular flexibility index (Phi) is 4.49. The van der Waals surface area contributed by atoms with E-state index in [-0.39, 0.29) is 11.6 Å². The van der Waals surface area contributed by atoms with Crippen LogP contribution in [0.4, 0.5) is 0 Å². The molecule has 0 saturated carbocycles. The van der Waals surface area contributed by atoms with Crippen molar-refractivity contribution in [3.8, 4) is 5.75 Å². The molecular formula is C20H21NO3. The maximum absolute atomic E-state index is 13.1. The van der Waals surface area contributed by atoms with Crippen molar-refractivity contribution in [3.05, 3.63) is 64.2 Å². The maximum atomic E-state index is 13.1. The highest BCUT2D eigenvalue weighted by Crippen LogP contribution is 2.34. The molecule has 0 aliphatic heterocycles. The molecule has 0 radical (unpaired) electrons. The standard InChI is InChI=1S/C20H21NO3/c1-4-21(5-2)12-16-17(24-3)11-10-15-18(16)20(23)14-9-7-6-8-13(14)19(15)22/h6-11H,4-5,12H2,1-3H3. The lowest BCUT2D eigenvalue weighted by Crippen LogP contribution is -2.27. The minimum absolute atomic E-state index is 0.0938. The van der Waals surface area contributed by atoms with E-state index < -0.39 is 0 Å². The zero-order valence-electron chi connectivity index (χ0n) is 14.3. The molecule has 0 saturated heterocycles. The highest BCUT2D eigenvalue weighted by Gasteiger charge is 2.33. The minimum Gasteiger partial charge on any atom is -0.496 e. The number of ether oxygens (including phenoxy) is 1. The third-order valence-electron chi connectivity index (χ3n) is 4.65. The van der Waals surface area contributed by atoms with Crippen LogP contribution in [0, 0.1) is 0 Å². The lowest BCUT2D eigenvalue weighted by atomic mass is 9.81. The number of hydrogen-bond donors (Lipinski definition) is 0. The largest absolute Gasteiger partial charge is 0.496 e. The summed E-state index contributed by atoms with van der Waals surface area (Å²) in [6.07, 6.45) is 0. The molecule has 0 amide bonds. The summed E-state index contributed by atoms with van der Waals surface area (Å²) in [6.45, 7) is 6.46. The summed E-state index contributed by atoms with van der Waals surface area (Å²) in [7, 11) is 1.59. The van der Waals surface area contributed by atoms with E-state index in [1.165, 1.54) is 0 Å². The molecule has 24 heavy (non-hydrogen) atoms. The van der Waals surface area contributed by atoms with Gasteiger partial charge in [-0.1, -0.05) is 38.1 Å². The van der Waals surface area contributed by atoms with E-state index in [0.29, 0.717) is 34.5 Å². The molecule has 0 atom stereocenters. The zero-order valence-corrected chi connectivity index (χ0v) is 14.3. The number of ketones is 2. The second kappa shape index (κ2) is 6.57. The molecule has 1 aliphatic rings. The molecule has 124 valence electrons. The van der Waals surface area contributed by atoms with Crippen LogP contribution >= 0.6 is 0 Å². The third kappa shape index (κ3) is 2.53. The Morgan fingerprint density at radius 3 is 2.08 bits per heavy atom. The summed E-state index contributed by atoms with van der Waals surface area (Å²) in [5.41, 5.74) is 2.72. The third-order valence-corrected chi connectivity index (χ3v) is 4.65. The van der Waals surface area contributed by atoms with Crippen LogP contribution in [0.5, 0.6) is 5.75 Å². The normalized spacial score (nSPS) is 13.0. The van der Waals surface area contributed by atoms with Crippen LogP contribution in [0.3, 0.4) is 0 Å². The number of hydrogen-bond acceptors (Lipinski definition) is 4. The molecule has 2 aromatic rings. The zero-order chi connectivity index (χ0) is 17.3. The van der Waals surface area contributed by atoms with E-state index in [2.05, 4.69) is 18.7 Å². The van der Waals surface area contributed by atoms with E-state index in [0.717, 1.165) is 18.7 Å². The average Bonchev–Trinajstić information content (AvgIpc) is 2.63. The van der Waals surface area contributed by atoms with Crippen molar-refractivity contribution < 1.29 is 14.3 Å². The number of carbonyl (C=O) groups excluding carboxylic acids is 2. The van der Waals surface area contributed by atoms with Crippen molar-refractivity contribution in [2.24, 2.45) is 0 Å². The molecule has 0 unspecified atom stereocenters. The molecule has 0 spiro atoms. The number of carbonyl (C=O) groups is 2. The second-order valence-electron chi connectivity index (χ2n) is 5.83. The van der Waals surface area contributed by atoms with E-state index in [1.54, 1.807) is 43.5 Å². The smallest absolute Gasteiger partial charge is 0.194 e. The fraction of sp³-hybridized carbons (Fsp3) is 0.300. The van der Waals surface area contributed by atoms with Crippen LogP contribution in [-0.4, -0.2) is 36.7 Å². The number of benzene rings is 2. The Balaban J connectivity index is 2.21. The van der Waals surface area contributed by atoms with Gasteiger partial charge >= 0.3 is 0 Å². The highest BCUT2D eigenvalue weighted by molar-refractivity contribution is 6.29. The molecule has 4 nitrogen and oxygen atoms in total. The van der Waals surface area contributed by atoms with Crippen molar-refractivity contribution >= 4 is 11.6 Å². The summed E-state index contributed by atoms with van der Waals surface area (Å²) in [6, 6.07) is 10.5. The van der Waals surface area contributed by atoms with Gasteiger partial charge in [0.15, 0.2) is 11.6 Å². The van der Waals surface area contributed by atoms with Crippen molar-refractivity contribution in [2.45, 2.75) is 20.4 Å². The summed E-state index contributed by atoms with van der Waals surface area (Å²) in [4.78, 5) is 28.1. The first-order valence-corrected chi connectivity index (χ1v) is 8.23. The first-order chi connectivity index (χ1) is 11.6. The van der Waals surface area contributed by atoms with Gasteiger partial charge in [-0.2, -0.15) is 0 Å². The second-order valence-corrected chi connectivity index (χ2v) is 5.83. The highest BCUT2D eigenvalue weighted by atomic mass is 16.5. The molecule has 1 aliphatic carbocycles. The molecule has 0 heterocycles. The minimum atomic E-state index is -0.0961. The van der Waals surface area contributed by atoms with Gasteiger partial charge in [-0.05, 0) is 25.2 Å². The van der Waals surface area contributed by atoms with Gasteiger partial charge in [0.05, 0.1) is 7.11 Å². The predicted molar refractivity (Wildman–Crippen MR) is 92.9 cm³/mol. The first kappa shape index (κ1) is 16.4.